The van der Waals surface area contributed by atoms with Crippen LogP contribution in [0, 0.1) is 18.3 Å². The highest BCUT2D eigenvalue weighted by Gasteiger charge is 2.13. The first kappa shape index (κ1) is 23.4. The lowest BCUT2D eigenvalue weighted by Gasteiger charge is -2.11. The van der Waals surface area contributed by atoms with Gasteiger partial charge in [0.2, 0.25) is 10.0 Å². The van der Waals surface area contributed by atoms with E-state index in [0.29, 0.717) is 17.9 Å². The van der Waals surface area contributed by atoms with Gasteiger partial charge in [0.15, 0.2) is 5.16 Å². The molecule has 0 saturated carbocycles. The van der Waals surface area contributed by atoms with Crippen LogP contribution in [0.1, 0.15) is 16.7 Å². The van der Waals surface area contributed by atoms with E-state index < -0.39 is 10.0 Å². The largest absolute Gasteiger partial charge is 0.333 e. The minimum Gasteiger partial charge on any atom is -0.333 e. The molecule has 1 heterocycles. The molecule has 168 valence electrons. The molecule has 33 heavy (non-hydrogen) atoms. The lowest BCUT2D eigenvalue weighted by Crippen LogP contribution is -2.26. The molecule has 0 radical (unpaired) electrons. The van der Waals surface area contributed by atoms with Crippen molar-refractivity contribution in [3.05, 3.63) is 83.4 Å². The van der Waals surface area contributed by atoms with E-state index in [4.69, 9.17) is 5.26 Å². The van der Waals surface area contributed by atoms with Crippen molar-refractivity contribution in [2.75, 3.05) is 12.3 Å². The Bertz CT molecular complexity index is 1370. The molecule has 0 aliphatic carbocycles. The van der Waals surface area contributed by atoms with E-state index in [1.54, 1.807) is 23.5 Å². The van der Waals surface area contributed by atoms with Gasteiger partial charge in [-0.2, -0.15) is 5.26 Å². The lowest BCUT2D eigenvalue weighted by molar-refractivity contribution is 0.584. The van der Waals surface area contributed by atoms with Gasteiger partial charge < -0.3 is 4.98 Å². The van der Waals surface area contributed by atoms with Crippen molar-refractivity contribution >= 4 is 44.6 Å². The van der Waals surface area contributed by atoms with Crippen LogP contribution in [0.15, 0.2) is 81.7 Å². The highest BCUT2D eigenvalue weighted by molar-refractivity contribution is 7.99. The molecular weight excluding hydrogens is 472 g/mol. The minimum absolute atomic E-state index is 0.160. The number of nitriles is 1. The quantitative estimate of drug-likeness (QED) is 0.248. The Morgan fingerprint density at radius 2 is 1.82 bits per heavy atom. The molecule has 0 spiro atoms. The summed E-state index contributed by atoms with van der Waals surface area (Å²) >= 11 is 3.29. The number of sulfonamides is 1. The van der Waals surface area contributed by atoms with Crippen molar-refractivity contribution in [2.24, 2.45) is 0 Å². The molecular formula is C24H22N4O2S3. The zero-order valence-corrected chi connectivity index (χ0v) is 20.4. The topological polar surface area (TPSA) is 98.6 Å². The maximum atomic E-state index is 12.4. The SMILES string of the molecule is Cc1c(CSc2nc3ccccc3[nH]2)cccc1SCCNS(=O)(=O)c1ccc(C#N)cc1. The third-order valence-electron chi connectivity index (χ3n) is 5.07. The van der Waals surface area contributed by atoms with Crippen LogP contribution < -0.4 is 4.72 Å². The molecule has 2 N–H and O–H groups in total. The number of fused-ring (bicyclic) bond motifs is 1. The Kier molecular flexibility index (Phi) is 7.40. The third-order valence-corrected chi connectivity index (χ3v) is 8.63. The summed E-state index contributed by atoms with van der Waals surface area (Å²) in [7, 11) is -3.59. The van der Waals surface area contributed by atoms with Gasteiger partial charge in [0.25, 0.3) is 0 Å². The average molecular weight is 495 g/mol. The van der Waals surface area contributed by atoms with Gasteiger partial charge in [-0.1, -0.05) is 36.0 Å². The van der Waals surface area contributed by atoms with Gasteiger partial charge >= 0.3 is 0 Å². The lowest BCUT2D eigenvalue weighted by atomic mass is 10.1. The van der Waals surface area contributed by atoms with Crippen molar-refractivity contribution < 1.29 is 8.42 Å². The zero-order valence-electron chi connectivity index (χ0n) is 17.9. The van der Waals surface area contributed by atoms with Gasteiger partial charge in [-0.05, 0) is 60.5 Å². The number of nitrogens with zero attached hydrogens (tertiary/aromatic N) is 2. The van der Waals surface area contributed by atoms with Crippen LogP contribution in [-0.2, 0) is 15.8 Å². The van der Waals surface area contributed by atoms with Crippen LogP contribution in [0.25, 0.3) is 11.0 Å². The van der Waals surface area contributed by atoms with Crippen LogP contribution in [-0.4, -0.2) is 30.7 Å². The van der Waals surface area contributed by atoms with Crippen molar-refractivity contribution in [3.63, 3.8) is 0 Å². The first-order valence-corrected chi connectivity index (χ1v) is 13.7. The second-order valence-corrected chi connectivity index (χ2v) is 11.1. The highest BCUT2D eigenvalue weighted by atomic mass is 32.2. The summed E-state index contributed by atoms with van der Waals surface area (Å²) in [6.45, 7) is 2.40. The molecule has 0 saturated heterocycles. The number of nitrogens with one attached hydrogen (secondary N) is 2. The number of benzene rings is 3. The standard InChI is InChI=1S/C24H22N4O2S3/c1-17-19(16-32-24-27-21-6-2-3-7-22(21)28-24)5-4-8-23(17)31-14-13-26-33(29,30)20-11-9-18(15-25)10-12-20/h2-12,26H,13-14,16H2,1H3,(H,27,28). The second kappa shape index (κ2) is 10.4. The number of hydrogen-bond acceptors (Lipinski definition) is 6. The molecule has 0 fully saturated rings. The Labute approximate surface area is 201 Å². The van der Waals surface area contributed by atoms with Gasteiger partial charge in [-0.25, -0.2) is 18.1 Å². The number of rotatable bonds is 9. The fraction of sp³-hybridized carbons (Fsp3) is 0.167. The average Bonchev–Trinajstić information content (AvgIpc) is 3.25. The summed E-state index contributed by atoms with van der Waals surface area (Å²) in [5, 5.41) is 9.75. The summed E-state index contributed by atoms with van der Waals surface area (Å²) < 4.78 is 27.5. The number of hydrogen-bond donors (Lipinski definition) is 2. The van der Waals surface area contributed by atoms with Gasteiger partial charge in [0.05, 0.1) is 27.6 Å². The summed E-state index contributed by atoms with van der Waals surface area (Å²) in [4.78, 5) is 9.25. The van der Waals surface area contributed by atoms with E-state index in [-0.39, 0.29) is 4.90 Å². The van der Waals surface area contributed by atoms with Gasteiger partial charge in [-0.3, -0.25) is 0 Å². The predicted octanol–water partition coefficient (Wildman–Crippen LogP) is 5.11. The molecule has 0 aliphatic heterocycles. The fourth-order valence-corrected chi connectivity index (χ4v) is 6.30. The summed E-state index contributed by atoms with van der Waals surface area (Å²) in [6, 6.07) is 22.1. The van der Waals surface area contributed by atoms with E-state index in [2.05, 4.69) is 33.7 Å². The molecule has 0 aliphatic rings. The Morgan fingerprint density at radius 1 is 1.03 bits per heavy atom. The fourth-order valence-electron chi connectivity index (χ4n) is 3.25. The molecule has 0 bridgehead atoms. The first-order chi connectivity index (χ1) is 16.0. The molecule has 1 aromatic heterocycles. The number of aromatic amines is 1. The van der Waals surface area contributed by atoms with Crippen molar-refractivity contribution in [1.29, 1.82) is 5.26 Å². The Balaban J connectivity index is 1.32. The van der Waals surface area contributed by atoms with E-state index in [9.17, 15) is 8.42 Å². The maximum Gasteiger partial charge on any atom is 0.240 e. The van der Waals surface area contributed by atoms with Crippen LogP contribution in [0.4, 0.5) is 0 Å². The number of aromatic nitrogens is 2. The smallest absolute Gasteiger partial charge is 0.240 e. The Hall–Kier alpha value is -2.77. The first-order valence-electron chi connectivity index (χ1n) is 10.2. The van der Waals surface area contributed by atoms with E-state index in [1.165, 1.54) is 35.4 Å². The van der Waals surface area contributed by atoms with E-state index >= 15 is 0 Å². The normalized spacial score (nSPS) is 11.5. The molecule has 3 aromatic carbocycles. The molecule has 6 nitrogen and oxygen atoms in total. The Morgan fingerprint density at radius 3 is 2.58 bits per heavy atom. The van der Waals surface area contributed by atoms with Gasteiger partial charge in [0.1, 0.15) is 0 Å². The van der Waals surface area contributed by atoms with E-state index in [0.717, 1.165) is 26.8 Å². The van der Waals surface area contributed by atoms with Crippen LogP contribution in [0.3, 0.4) is 0 Å². The molecule has 9 heteroatoms. The molecule has 0 atom stereocenters. The van der Waals surface area contributed by atoms with Gasteiger partial charge in [0, 0.05) is 22.9 Å². The maximum absolute atomic E-state index is 12.4. The van der Waals surface area contributed by atoms with Gasteiger partial charge in [-0.15, -0.1) is 11.8 Å². The molecule has 0 unspecified atom stereocenters. The molecule has 4 rings (SSSR count). The zero-order chi connectivity index (χ0) is 23.3. The molecule has 0 amide bonds. The summed E-state index contributed by atoms with van der Waals surface area (Å²) in [5.74, 6) is 1.40. The minimum atomic E-state index is -3.59. The second-order valence-electron chi connectivity index (χ2n) is 7.27. The highest BCUT2D eigenvalue weighted by Crippen LogP contribution is 2.29. The van der Waals surface area contributed by atoms with Crippen LogP contribution in [0.5, 0.6) is 0 Å². The number of thioether (sulfide) groups is 2. The van der Waals surface area contributed by atoms with Crippen LogP contribution >= 0.6 is 23.5 Å². The monoisotopic (exact) mass is 494 g/mol. The third kappa shape index (κ3) is 5.78. The van der Waals surface area contributed by atoms with Crippen molar-refractivity contribution in [3.8, 4) is 6.07 Å². The summed E-state index contributed by atoms with van der Waals surface area (Å²) in [6.07, 6.45) is 0. The molecule has 4 aromatic rings. The number of para-hydroxylation sites is 2. The number of H-pyrrole nitrogens is 1. The van der Waals surface area contributed by atoms with Crippen LogP contribution in [0.2, 0.25) is 0 Å². The van der Waals surface area contributed by atoms with E-state index in [1.807, 2.05) is 36.4 Å². The van der Waals surface area contributed by atoms with Crippen molar-refractivity contribution in [2.45, 2.75) is 27.6 Å². The predicted molar refractivity (Wildman–Crippen MR) is 134 cm³/mol. The summed E-state index contributed by atoms with van der Waals surface area (Å²) in [5.41, 5.74) is 4.84. The van der Waals surface area contributed by atoms with Crippen molar-refractivity contribution in [1.82, 2.24) is 14.7 Å². The number of imidazole rings is 1.